The van der Waals surface area contributed by atoms with Crippen molar-refractivity contribution in [2.75, 3.05) is 14.2 Å². The smallest absolute Gasteiger partial charge is 0.287 e. The number of furan rings is 1. The second-order valence-electron chi connectivity index (χ2n) is 5.74. The molecule has 0 radical (unpaired) electrons. The van der Waals surface area contributed by atoms with Crippen LogP contribution in [0, 0.1) is 0 Å². The molecule has 1 heterocycles. The molecule has 2 aromatic carbocycles. The normalized spacial score (nSPS) is 10.3. The fourth-order valence-electron chi connectivity index (χ4n) is 2.58. The van der Waals surface area contributed by atoms with Crippen LogP contribution in [0.4, 0.5) is 0 Å². The van der Waals surface area contributed by atoms with E-state index < -0.39 is 0 Å². The Balaban J connectivity index is 1.63. The minimum atomic E-state index is -0.315. The quantitative estimate of drug-likeness (QED) is 0.656. The molecule has 6 heteroatoms. The number of benzene rings is 2. The zero-order valence-corrected chi connectivity index (χ0v) is 15.2. The molecule has 3 rings (SSSR count). The van der Waals surface area contributed by atoms with Crippen LogP contribution in [-0.4, -0.2) is 20.1 Å². The second kappa shape index (κ2) is 8.80. The van der Waals surface area contributed by atoms with Crippen molar-refractivity contribution < 1.29 is 23.4 Å². The molecule has 0 unspecified atom stereocenters. The summed E-state index contributed by atoms with van der Waals surface area (Å²) >= 11 is 0. The summed E-state index contributed by atoms with van der Waals surface area (Å²) in [6.45, 7) is 0.542. The predicted molar refractivity (Wildman–Crippen MR) is 100 cm³/mol. The van der Waals surface area contributed by atoms with Crippen molar-refractivity contribution in [2.24, 2.45) is 0 Å². The average Bonchev–Trinajstić information content (AvgIpc) is 3.20. The molecule has 6 nitrogen and oxygen atoms in total. The Labute approximate surface area is 157 Å². The maximum absolute atomic E-state index is 12.5. The van der Waals surface area contributed by atoms with E-state index in [0.717, 1.165) is 11.3 Å². The molecule has 0 bridgehead atoms. The molecule has 0 aliphatic rings. The van der Waals surface area contributed by atoms with E-state index in [9.17, 15) is 4.79 Å². The number of para-hydroxylation sites is 1. The van der Waals surface area contributed by atoms with Gasteiger partial charge in [0, 0.05) is 23.7 Å². The van der Waals surface area contributed by atoms with Crippen LogP contribution in [0.5, 0.6) is 17.2 Å². The summed E-state index contributed by atoms with van der Waals surface area (Å²) in [5.41, 5.74) is 1.51. The topological polar surface area (TPSA) is 69.9 Å². The third-order valence-electron chi connectivity index (χ3n) is 4.02. The highest BCUT2D eigenvalue weighted by atomic mass is 16.5. The fourth-order valence-corrected chi connectivity index (χ4v) is 2.58. The zero-order valence-electron chi connectivity index (χ0n) is 15.2. The summed E-state index contributed by atoms with van der Waals surface area (Å²) in [4.78, 5) is 12.5. The molecule has 0 aliphatic carbocycles. The van der Waals surface area contributed by atoms with Gasteiger partial charge in [0.05, 0.1) is 20.5 Å². The summed E-state index contributed by atoms with van der Waals surface area (Å²) in [6.07, 6.45) is 1.48. The first-order valence-electron chi connectivity index (χ1n) is 8.44. The van der Waals surface area contributed by atoms with E-state index in [4.69, 9.17) is 18.6 Å². The van der Waals surface area contributed by atoms with Crippen LogP contribution in [0.15, 0.2) is 65.3 Å². The number of amides is 1. The van der Waals surface area contributed by atoms with E-state index in [1.807, 2.05) is 42.5 Å². The first-order chi connectivity index (χ1) is 13.2. The number of carbonyl (C=O) groups is 1. The standard InChI is InChI=1S/C21H21NO5/c1-24-18-9-8-15(19(12-18)25-2)13-22-21(23)20-16(10-11-26-20)14-27-17-6-4-3-5-7-17/h3-12H,13-14H2,1-2H3,(H,22,23). The largest absolute Gasteiger partial charge is 0.497 e. The van der Waals surface area contributed by atoms with Gasteiger partial charge in [-0.05, 0) is 30.3 Å². The molecular weight excluding hydrogens is 346 g/mol. The number of nitrogens with one attached hydrogen (secondary N) is 1. The number of hydrogen-bond acceptors (Lipinski definition) is 5. The van der Waals surface area contributed by atoms with Gasteiger partial charge in [-0.3, -0.25) is 4.79 Å². The van der Waals surface area contributed by atoms with E-state index in [2.05, 4.69) is 5.32 Å². The predicted octanol–water partition coefficient (Wildman–Crippen LogP) is 3.81. The Morgan fingerprint density at radius 3 is 2.52 bits per heavy atom. The molecule has 27 heavy (non-hydrogen) atoms. The molecule has 140 valence electrons. The van der Waals surface area contributed by atoms with Gasteiger partial charge in [0.15, 0.2) is 5.76 Å². The van der Waals surface area contributed by atoms with E-state index in [1.165, 1.54) is 6.26 Å². The molecule has 0 saturated heterocycles. The first kappa shape index (κ1) is 18.4. The molecule has 0 saturated carbocycles. The molecule has 3 aromatic rings. The second-order valence-corrected chi connectivity index (χ2v) is 5.74. The summed E-state index contributed by atoms with van der Waals surface area (Å²) < 4.78 is 21.6. The molecule has 1 aromatic heterocycles. The third-order valence-corrected chi connectivity index (χ3v) is 4.02. The van der Waals surface area contributed by atoms with Crippen LogP contribution in [-0.2, 0) is 13.2 Å². The highest BCUT2D eigenvalue weighted by Gasteiger charge is 2.16. The molecule has 0 aliphatic heterocycles. The van der Waals surface area contributed by atoms with Crippen LogP contribution >= 0.6 is 0 Å². The Morgan fingerprint density at radius 2 is 1.78 bits per heavy atom. The van der Waals surface area contributed by atoms with Crippen molar-refractivity contribution in [3.8, 4) is 17.2 Å². The summed E-state index contributed by atoms with van der Waals surface area (Å²) in [7, 11) is 3.16. The van der Waals surface area contributed by atoms with Crippen LogP contribution in [0.1, 0.15) is 21.7 Å². The van der Waals surface area contributed by atoms with Crippen molar-refractivity contribution in [1.29, 1.82) is 0 Å². The summed E-state index contributed by atoms with van der Waals surface area (Å²) in [5.74, 6) is 1.98. The Kier molecular flexibility index (Phi) is 5.99. The maximum atomic E-state index is 12.5. The highest BCUT2D eigenvalue weighted by molar-refractivity contribution is 5.92. The summed E-state index contributed by atoms with van der Waals surface area (Å²) in [5, 5.41) is 2.84. The third kappa shape index (κ3) is 4.61. The number of hydrogen-bond donors (Lipinski definition) is 1. The molecular formula is C21H21NO5. The van der Waals surface area contributed by atoms with E-state index in [-0.39, 0.29) is 18.3 Å². The zero-order chi connectivity index (χ0) is 19.1. The lowest BCUT2D eigenvalue weighted by atomic mass is 10.2. The lowest BCUT2D eigenvalue weighted by Crippen LogP contribution is -2.23. The van der Waals surface area contributed by atoms with Crippen molar-refractivity contribution in [3.05, 3.63) is 77.7 Å². The van der Waals surface area contributed by atoms with Crippen molar-refractivity contribution in [2.45, 2.75) is 13.2 Å². The van der Waals surface area contributed by atoms with Gasteiger partial charge in [0.1, 0.15) is 23.9 Å². The fraction of sp³-hybridized carbons (Fsp3) is 0.190. The van der Waals surface area contributed by atoms with Crippen molar-refractivity contribution in [1.82, 2.24) is 5.32 Å². The number of rotatable bonds is 8. The summed E-state index contributed by atoms with van der Waals surface area (Å²) in [6, 6.07) is 16.6. The Bertz CT molecular complexity index is 889. The van der Waals surface area contributed by atoms with Gasteiger partial charge in [-0.1, -0.05) is 18.2 Å². The highest BCUT2D eigenvalue weighted by Crippen LogP contribution is 2.24. The molecule has 1 amide bonds. The number of carbonyl (C=O) groups excluding carboxylic acids is 1. The van der Waals surface area contributed by atoms with Gasteiger partial charge >= 0.3 is 0 Å². The SMILES string of the molecule is COc1ccc(CNC(=O)c2occc2COc2ccccc2)c(OC)c1. The van der Waals surface area contributed by atoms with Gasteiger partial charge in [-0.15, -0.1) is 0 Å². The first-order valence-corrected chi connectivity index (χ1v) is 8.44. The maximum Gasteiger partial charge on any atom is 0.287 e. The Hall–Kier alpha value is -3.41. The van der Waals surface area contributed by atoms with Gasteiger partial charge < -0.3 is 23.9 Å². The lowest BCUT2D eigenvalue weighted by Gasteiger charge is -2.11. The van der Waals surface area contributed by atoms with Gasteiger partial charge in [-0.2, -0.15) is 0 Å². The minimum Gasteiger partial charge on any atom is -0.497 e. The van der Waals surface area contributed by atoms with Crippen molar-refractivity contribution >= 4 is 5.91 Å². The lowest BCUT2D eigenvalue weighted by molar-refractivity contribution is 0.0919. The van der Waals surface area contributed by atoms with E-state index >= 15 is 0 Å². The van der Waals surface area contributed by atoms with E-state index in [0.29, 0.717) is 23.6 Å². The molecule has 0 atom stereocenters. The molecule has 0 spiro atoms. The van der Waals surface area contributed by atoms with Gasteiger partial charge in [-0.25, -0.2) is 0 Å². The molecule has 0 fully saturated rings. The molecule has 1 N–H and O–H groups in total. The number of ether oxygens (including phenoxy) is 3. The van der Waals surface area contributed by atoms with Crippen LogP contribution < -0.4 is 19.5 Å². The van der Waals surface area contributed by atoms with E-state index in [1.54, 1.807) is 26.4 Å². The monoisotopic (exact) mass is 367 g/mol. The minimum absolute atomic E-state index is 0.235. The average molecular weight is 367 g/mol. The van der Waals surface area contributed by atoms with Crippen LogP contribution in [0.3, 0.4) is 0 Å². The number of methoxy groups -OCH3 is 2. The Morgan fingerprint density at radius 1 is 0.963 bits per heavy atom. The van der Waals surface area contributed by atoms with Crippen molar-refractivity contribution in [3.63, 3.8) is 0 Å². The van der Waals surface area contributed by atoms with Crippen LogP contribution in [0.25, 0.3) is 0 Å². The van der Waals surface area contributed by atoms with Crippen LogP contribution in [0.2, 0.25) is 0 Å². The van der Waals surface area contributed by atoms with Gasteiger partial charge in [0.25, 0.3) is 5.91 Å². The van der Waals surface area contributed by atoms with Gasteiger partial charge in [0.2, 0.25) is 0 Å².